The van der Waals surface area contributed by atoms with Crippen LogP contribution >= 0.6 is 0 Å². The lowest BCUT2D eigenvalue weighted by molar-refractivity contribution is -0.124. The summed E-state index contributed by atoms with van der Waals surface area (Å²) in [6.45, 7) is 5.44. The Morgan fingerprint density at radius 3 is 3.09 bits per heavy atom. The minimum atomic E-state index is -0.171. The van der Waals surface area contributed by atoms with Crippen LogP contribution in [0.5, 0.6) is 0 Å². The quantitative estimate of drug-likeness (QED) is 0.807. The number of fused-ring (bicyclic) bond motifs is 1. The van der Waals surface area contributed by atoms with Gasteiger partial charge in [-0.25, -0.2) is 0 Å². The molecule has 0 bridgehead atoms. The van der Waals surface area contributed by atoms with Crippen molar-refractivity contribution in [3.8, 4) is 0 Å². The molecule has 4 rings (SSSR count). The van der Waals surface area contributed by atoms with Crippen LogP contribution in [0.25, 0.3) is 10.9 Å². The van der Waals surface area contributed by atoms with Crippen LogP contribution in [0.3, 0.4) is 0 Å². The van der Waals surface area contributed by atoms with Crippen LogP contribution in [0.2, 0.25) is 0 Å². The maximum atomic E-state index is 12.9. The molecule has 3 heterocycles. The van der Waals surface area contributed by atoms with Gasteiger partial charge >= 0.3 is 0 Å². The molecule has 116 valence electrons. The molecule has 1 aromatic carbocycles. The lowest BCUT2D eigenvalue weighted by Gasteiger charge is -2.22. The number of aromatic amines is 1. The summed E-state index contributed by atoms with van der Waals surface area (Å²) in [5.41, 5.74) is 1.79. The van der Waals surface area contributed by atoms with Crippen LogP contribution in [-0.4, -0.2) is 42.3 Å². The number of nitrogens with one attached hydrogen (secondary N) is 3. The zero-order valence-corrected chi connectivity index (χ0v) is 12.8. The van der Waals surface area contributed by atoms with Crippen molar-refractivity contribution >= 4 is 28.3 Å². The molecule has 1 atom stereocenters. The van der Waals surface area contributed by atoms with Gasteiger partial charge in [0.1, 0.15) is 0 Å². The fourth-order valence-electron chi connectivity index (χ4n) is 3.68. The van der Waals surface area contributed by atoms with E-state index in [0.29, 0.717) is 0 Å². The highest BCUT2D eigenvalue weighted by molar-refractivity contribution is 6.02. The second-order valence-electron chi connectivity index (χ2n) is 6.25. The first-order valence-corrected chi connectivity index (χ1v) is 7.98. The Balaban J connectivity index is 1.69. The summed E-state index contributed by atoms with van der Waals surface area (Å²) in [6.07, 6.45) is 1.90. The molecule has 3 N–H and O–H groups in total. The van der Waals surface area contributed by atoms with Gasteiger partial charge in [-0.15, -0.1) is 0 Å². The SMILES string of the molecule is CCNc1n[nH]c2ccc(N3CC[C@]4(CCNC4)C3=O)cc12. The molecule has 2 aliphatic rings. The van der Waals surface area contributed by atoms with Crippen molar-refractivity contribution in [1.29, 1.82) is 0 Å². The molecule has 0 unspecified atom stereocenters. The molecule has 0 aliphatic carbocycles. The summed E-state index contributed by atoms with van der Waals surface area (Å²) in [6, 6.07) is 6.08. The number of rotatable bonds is 3. The minimum Gasteiger partial charge on any atom is -0.368 e. The Kier molecular flexibility index (Phi) is 3.07. The number of H-pyrrole nitrogens is 1. The summed E-state index contributed by atoms with van der Waals surface area (Å²) in [7, 11) is 0. The number of nitrogens with zero attached hydrogens (tertiary/aromatic N) is 2. The Bertz CT molecular complexity index is 716. The van der Waals surface area contributed by atoms with E-state index >= 15 is 0 Å². The summed E-state index contributed by atoms with van der Waals surface area (Å²) >= 11 is 0. The highest BCUT2D eigenvalue weighted by atomic mass is 16.2. The van der Waals surface area contributed by atoms with Gasteiger partial charge in [0.05, 0.1) is 10.9 Å². The third-order valence-corrected chi connectivity index (χ3v) is 4.96. The van der Waals surface area contributed by atoms with Gasteiger partial charge in [0.25, 0.3) is 0 Å². The van der Waals surface area contributed by atoms with Crippen LogP contribution < -0.4 is 15.5 Å². The largest absolute Gasteiger partial charge is 0.368 e. The van der Waals surface area contributed by atoms with Gasteiger partial charge in [-0.1, -0.05) is 0 Å². The Labute approximate surface area is 129 Å². The van der Waals surface area contributed by atoms with E-state index in [9.17, 15) is 4.79 Å². The monoisotopic (exact) mass is 299 g/mol. The van der Waals surface area contributed by atoms with Crippen molar-refractivity contribution in [1.82, 2.24) is 15.5 Å². The molecule has 2 fully saturated rings. The number of carbonyl (C=O) groups is 1. The van der Waals surface area contributed by atoms with E-state index in [1.54, 1.807) is 0 Å². The summed E-state index contributed by atoms with van der Waals surface area (Å²) < 4.78 is 0. The van der Waals surface area contributed by atoms with Crippen molar-refractivity contribution in [2.24, 2.45) is 5.41 Å². The molecule has 0 radical (unpaired) electrons. The first-order valence-electron chi connectivity index (χ1n) is 7.98. The Hall–Kier alpha value is -2.08. The molecule has 2 aliphatic heterocycles. The Morgan fingerprint density at radius 2 is 2.32 bits per heavy atom. The van der Waals surface area contributed by atoms with E-state index in [1.165, 1.54) is 0 Å². The average molecular weight is 299 g/mol. The van der Waals surface area contributed by atoms with Gasteiger partial charge in [0, 0.05) is 30.7 Å². The van der Waals surface area contributed by atoms with E-state index in [1.807, 2.05) is 24.0 Å². The van der Waals surface area contributed by atoms with E-state index in [2.05, 4.69) is 26.9 Å². The van der Waals surface area contributed by atoms with Gasteiger partial charge < -0.3 is 15.5 Å². The summed E-state index contributed by atoms with van der Waals surface area (Å²) in [4.78, 5) is 14.8. The molecule has 1 spiro atoms. The highest BCUT2D eigenvalue weighted by Crippen LogP contribution is 2.40. The molecular weight excluding hydrogens is 278 g/mol. The molecule has 0 saturated carbocycles. The third-order valence-electron chi connectivity index (χ3n) is 4.96. The summed E-state index contributed by atoms with van der Waals surface area (Å²) in [5, 5.41) is 14.9. The second-order valence-corrected chi connectivity index (χ2v) is 6.25. The van der Waals surface area contributed by atoms with Gasteiger partial charge in [-0.3, -0.25) is 9.89 Å². The third kappa shape index (κ3) is 1.90. The molecule has 2 saturated heterocycles. The van der Waals surface area contributed by atoms with Crippen LogP contribution in [0.1, 0.15) is 19.8 Å². The number of hydrogen-bond donors (Lipinski definition) is 3. The first-order chi connectivity index (χ1) is 10.7. The molecular formula is C16H21N5O. The lowest BCUT2D eigenvalue weighted by atomic mass is 9.86. The van der Waals surface area contributed by atoms with Crippen LogP contribution in [0, 0.1) is 5.41 Å². The predicted octanol–water partition coefficient (Wildman–Crippen LogP) is 1.71. The Morgan fingerprint density at radius 1 is 1.41 bits per heavy atom. The average Bonchev–Trinajstić information content (AvgIpc) is 3.23. The highest BCUT2D eigenvalue weighted by Gasteiger charge is 2.48. The molecule has 6 nitrogen and oxygen atoms in total. The smallest absolute Gasteiger partial charge is 0.234 e. The molecule has 1 aromatic heterocycles. The maximum absolute atomic E-state index is 12.9. The number of carbonyl (C=O) groups excluding carboxylic acids is 1. The first kappa shape index (κ1) is 13.6. The standard InChI is InChI=1S/C16H21N5O/c1-2-18-14-12-9-11(3-4-13(12)19-20-14)21-8-6-16(15(21)22)5-7-17-10-16/h3-4,9,17H,2,5-8,10H2,1H3,(H2,18,19,20)/t16-/m0/s1. The van der Waals surface area contributed by atoms with Crippen molar-refractivity contribution in [3.63, 3.8) is 0 Å². The second kappa shape index (κ2) is 4.98. The van der Waals surface area contributed by atoms with E-state index in [4.69, 9.17) is 0 Å². The molecule has 22 heavy (non-hydrogen) atoms. The molecule has 2 aromatic rings. The van der Waals surface area contributed by atoms with E-state index in [0.717, 1.165) is 61.4 Å². The number of aromatic nitrogens is 2. The predicted molar refractivity (Wildman–Crippen MR) is 87.1 cm³/mol. The molecule has 1 amide bonds. The van der Waals surface area contributed by atoms with Crippen molar-refractivity contribution < 1.29 is 4.79 Å². The van der Waals surface area contributed by atoms with Crippen LogP contribution in [0.15, 0.2) is 18.2 Å². The van der Waals surface area contributed by atoms with Crippen molar-refractivity contribution in [3.05, 3.63) is 18.2 Å². The van der Waals surface area contributed by atoms with Crippen molar-refractivity contribution in [2.75, 3.05) is 36.4 Å². The lowest BCUT2D eigenvalue weighted by Crippen LogP contribution is -2.36. The fourth-order valence-corrected chi connectivity index (χ4v) is 3.68. The van der Waals surface area contributed by atoms with Gasteiger partial charge in [-0.2, -0.15) is 5.10 Å². The van der Waals surface area contributed by atoms with Gasteiger partial charge in [-0.05, 0) is 44.5 Å². The van der Waals surface area contributed by atoms with Crippen LogP contribution in [0.4, 0.5) is 11.5 Å². The maximum Gasteiger partial charge on any atom is 0.234 e. The van der Waals surface area contributed by atoms with E-state index < -0.39 is 0 Å². The van der Waals surface area contributed by atoms with Crippen LogP contribution in [-0.2, 0) is 4.79 Å². The number of amides is 1. The van der Waals surface area contributed by atoms with Gasteiger partial charge in [0.15, 0.2) is 5.82 Å². The minimum absolute atomic E-state index is 0.171. The van der Waals surface area contributed by atoms with Crippen molar-refractivity contribution in [2.45, 2.75) is 19.8 Å². The zero-order valence-electron chi connectivity index (χ0n) is 12.8. The fraction of sp³-hybridized carbons (Fsp3) is 0.500. The molecule has 6 heteroatoms. The summed E-state index contributed by atoms with van der Waals surface area (Å²) in [5.74, 6) is 1.12. The number of anilines is 2. The van der Waals surface area contributed by atoms with E-state index in [-0.39, 0.29) is 11.3 Å². The van der Waals surface area contributed by atoms with Gasteiger partial charge in [0.2, 0.25) is 5.91 Å². The zero-order chi connectivity index (χ0) is 15.2. The number of benzene rings is 1. The number of hydrogen-bond acceptors (Lipinski definition) is 4. The normalized spacial score (nSPS) is 24.8. The topological polar surface area (TPSA) is 73.1 Å².